The summed E-state index contributed by atoms with van der Waals surface area (Å²) < 4.78 is 15.1. The summed E-state index contributed by atoms with van der Waals surface area (Å²) in [4.78, 5) is 11.6. The smallest absolute Gasteiger partial charge is 0.342 e. The number of nitrogen functional groups attached to an aromatic ring is 1. The van der Waals surface area contributed by atoms with Gasteiger partial charge in [0.05, 0.1) is 20.8 Å². The molecule has 88 valence electrons. The third-order valence-corrected chi connectivity index (χ3v) is 2.00. The molecule has 0 spiro atoms. The lowest BCUT2D eigenvalue weighted by Gasteiger charge is -2.12. The van der Waals surface area contributed by atoms with E-state index in [1.165, 1.54) is 20.3 Å². The Bertz CT molecular complexity index is 390. The first-order valence-electron chi connectivity index (χ1n) is 4.82. The van der Waals surface area contributed by atoms with E-state index in [4.69, 9.17) is 19.9 Å². The molecule has 0 unspecified atom stereocenters. The molecular formula is C11H15NO4. The Morgan fingerprint density at radius 1 is 1.31 bits per heavy atom. The molecule has 16 heavy (non-hydrogen) atoms. The zero-order valence-electron chi connectivity index (χ0n) is 9.57. The molecular weight excluding hydrogens is 210 g/mol. The molecule has 0 fully saturated rings. The average Bonchev–Trinajstić information content (AvgIpc) is 2.28. The Balaban J connectivity index is 3.24. The molecule has 5 nitrogen and oxygen atoms in total. The van der Waals surface area contributed by atoms with E-state index >= 15 is 0 Å². The fourth-order valence-corrected chi connectivity index (χ4v) is 1.35. The highest BCUT2D eigenvalue weighted by Crippen LogP contribution is 2.33. The molecule has 0 saturated carbocycles. The molecule has 0 radical (unpaired) electrons. The summed E-state index contributed by atoms with van der Waals surface area (Å²) in [7, 11) is 2.93. The highest BCUT2D eigenvalue weighted by molar-refractivity contribution is 5.94. The standard InChI is InChI=1S/C11H15NO4/c1-4-16-11(13)8-5-7(12)6-9(14-2)10(8)15-3/h5-6H,4,12H2,1-3H3. The van der Waals surface area contributed by atoms with E-state index in [0.717, 1.165) is 0 Å². The second-order valence-corrected chi connectivity index (χ2v) is 3.02. The van der Waals surface area contributed by atoms with Crippen molar-refractivity contribution in [1.29, 1.82) is 0 Å². The number of ether oxygens (including phenoxy) is 3. The van der Waals surface area contributed by atoms with Crippen molar-refractivity contribution in [2.24, 2.45) is 0 Å². The minimum atomic E-state index is -0.482. The molecule has 2 N–H and O–H groups in total. The summed E-state index contributed by atoms with van der Waals surface area (Å²) in [5.74, 6) is 0.255. The van der Waals surface area contributed by atoms with Gasteiger partial charge >= 0.3 is 5.97 Å². The molecule has 0 aliphatic rings. The van der Waals surface area contributed by atoms with Crippen LogP contribution in [-0.2, 0) is 4.74 Å². The van der Waals surface area contributed by atoms with Gasteiger partial charge in [-0.3, -0.25) is 0 Å². The molecule has 0 atom stereocenters. The van der Waals surface area contributed by atoms with Crippen molar-refractivity contribution in [3.05, 3.63) is 17.7 Å². The van der Waals surface area contributed by atoms with E-state index in [0.29, 0.717) is 23.8 Å². The molecule has 0 aliphatic carbocycles. The largest absolute Gasteiger partial charge is 0.493 e. The average molecular weight is 225 g/mol. The monoisotopic (exact) mass is 225 g/mol. The van der Waals surface area contributed by atoms with Gasteiger partial charge in [0.1, 0.15) is 5.56 Å². The van der Waals surface area contributed by atoms with Gasteiger partial charge in [0, 0.05) is 11.8 Å². The molecule has 0 heterocycles. The van der Waals surface area contributed by atoms with Crippen LogP contribution in [0.15, 0.2) is 12.1 Å². The van der Waals surface area contributed by atoms with Crippen LogP contribution in [0.5, 0.6) is 11.5 Å². The van der Waals surface area contributed by atoms with Crippen LogP contribution in [0.1, 0.15) is 17.3 Å². The Hall–Kier alpha value is -1.91. The summed E-state index contributed by atoms with van der Waals surface area (Å²) in [6.45, 7) is 2.02. The lowest BCUT2D eigenvalue weighted by atomic mass is 10.1. The maximum absolute atomic E-state index is 11.6. The van der Waals surface area contributed by atoms with E-state index in [9.17, 15) is 4.79 Å². The Kier molecular flexibility index (Phi) is 3.99. The zero-order valence-corrected chi connectivity index (χ0v) is 9.57. The van der Waals surface area contributed by atoms with Gasteiger partial charge in [-0.05, 0) is 13.0 Å². The Morgan fingerprint density at radius 3 is 2.50 bits per heavy atom. The van der Waals surface area contributed by atoms with Gasteiger partial charge in [-0.25, -0.2) is 4.79 Å². The number of carbonyl (C=O) groups is 1. The predicted molar refractivity (Wildman–Crippen MR) is 59.9 cm³/mol. The second-order valence-electron chi connectivity index (χ2n) is 3.02. The second kappa shape index (κ2) is 5.25. The van der Waals surface area contributed by atoms with Gasteiger partial charge in [0.25, 0.3) is 0 Å². The third-order valence-electron chi connectivity index (χ3n) is 2.00. The van der Waals surface area contributed by atoms with Crippen molar-refractivity contribution >= 4 is 11.7 Å². The normalized spacial score (nSPS) is 9.69. The van der Waals surface area contributed by atoms with Crippen LogP contribution in [0.2, 0.25) is 0 Å². The van der Waals surface area contributed by atoms with Gasteiger partial charge in [0.2, 0.25) is 0 Å². The topological polar surface area (TPSA) is 70.8 Å². The fraction of sp³-hybridized carbons (Fsp3) is 0.364. The lowest BCUT2D eigenvalue weighted by Crippen LogP contribution is -2.08. The van der Waals surface area contributed by atoms with Gasteiger partial charge in [-0.15, -0.1) is 0 Å². The highest BCUT2D eigenvalue weighted by Gasteiger charge is 2.18. The molecule has 0 amide bonds. The summed E-state index contributed by atoms with van der Waals surface area (Å²) in [6, 6.07) is 3.08. The molecule has 0 aromatic heterocycles. The maximum atomic E-state index is 11.6. The van der Waals surface area contributed by atoms with Gasteiger partial charge in [-0.2, -0.15) is 0 Å². The number of rotatable bonds is 4. The molecule has 0 aliphatic heterocycles. The number of methoxy groups -OCH3 is 2. The van der Waals surface area contributed by atoms with E-state index in [1.807, 2.05) is 0 Å². The third kappa shape index (κ3) is 2.36. The fourth-order valence-electron chi connectivity index (χ4n) is 1.35. The number of anilines is 1. The van der Waals surface area contributed by atoms with Gasteiger partial charge < -0.3 is 19.9 Å². The van der Waals surface area contributed by atoms with Crippen LogP contribution in [0.25, 0.3) is 0 Å². The quantitative estimate of drug-likeness (QED) is 0.620. The molecule has 0 saturated heterocycles. The van der Waals surface area contributed by atoms with E-state index in [1.54, 1.807) is 13.0 Å². The number of nitrogens with two attached hydrogens (primary N) is 1. The SMILES string of the molecule is CCOC(=O)c1cc(N)cc(OC)c1OC. The van der Waals surface area contributed by atoms with E-state index in [-0.39, 0.29) is 5.56 Å². The predicted octanol–water partition coefficient (Wildman–Crippen LogP) is 1.46. The van der Waals surface area contributed by atoms with Crippen LogP contribution >= 0.6 is 0 Å². The van der Waals surface area contributed by atoms with Crippen molar-refractivity contribution in [3.63, 3.8) is 0 Å². The van der Waals surface area contributed by atoms with Crippen LogP contribution in [0.3, 0.4) is 0 Å². The van der Waals surface area contributed by atoms with Crippen LogP contribution < -0.4 is 15.2 Å². The number of hydrogen-bond donors (Lipinski definition) is 1. The minimum Gasteiger partial charge on any atom is -0.493 e. The number of benzene rings is 1. The van der Waals surface area contributed by atoms with Crippen LogP contribution in [0.4, 0.5) is 5.69 Å². The summed E-state index contributed by atoms with van der Waals surface area (Å²) in [5.41, 5.74) is 6.33. The van der Waals surface area contributed by atoms with E-state index in [2.05, 4.69) is 0 Å². The van der Waals surface area contributed by atoms with E-state index < -0.39 is 5.97 Å². The maximum Gasteiger partial charge on any atom is 0.342 e. The van der Waals surface area contributed by atoms with Crippen LogP contribution in [-0.4, -0.2) is 26.8 Å². The molecule has 0 bridgehead atoms. The van der Waals surface area contributed by atoms with Crippen LogP contribution in [0, 0.1) is 0 Å². The van der Waals surface area contributed by atoms with Crippen molar-refractivity contribution in [3.8, 4) is 11.5 Å². The first-order valence-corrected chi connectivity index (χ1v) is 4.82. The summed E-state index contributed by atoms with van der Waals surface area (Å²) >= 11 is 0. The first-order chi connectivity index (χ1) is 7.63. The number of esters is 1. The van der Waals surface area contributed by atoms with Crippen molar-refractivity contribution in [1.82, 2.24) is 0 Å². The van der Waals surface area contributed by atoms with Crippen molar-refractivity contribution < 1.29 is 19.0 Å². The van der Waals surface area contributed by atoms with Crippen molar-refractivity contribution in [2.75, 3.05) is 26.6 Å². The molecule has 1 aromatic rings. The minimum absolute atomic E-state index is 0.265. The van der Waals surface area contributed by atoms with Crippen molar-refractivity contribution in [2.45, 2.75) is 6.92 Å². The summed E-state index contributed by atoms with van der Waals surface area (Å²) in [5, 5.41) is 0. The highest BCUT2D eigenvalue weighted by atomic mass is 16.5. The zero-order chi connectivity index (χ0) is 12.1. The van der Waals surface area contributed by atoms with Gasteiger partial charge in [-0.1, -0.05) is 0 Å². The molecule has 1 aromatic carbocycles. The Morgan fingerprint density at radius 2 is 2.00 bits per heavy atom. The molecule has 1 rings (SSSR count). The van der Waals surface area contributed by atoms with Gasteiger partial charge in [0.15, 0.2) is 11.5 Å². The number of carbonyl (C=O) groups excluding carboxylic acids is 1. The first kappa shape index (κ1) is 12.2. The summed E-state index contributed by atoms with van der Waals surface area (Å²) in [6.07, 6.45) is 0. The number of hydrogen-bond acceptors (Lipinski definition) is 5. The molecule has 5 heteroatoms. The lowest BCUT2D eigenvalue weighted by molar-refractivity contribution is 0.0522. The Labute approximate surface area is 94.1 Å².